The number of hydrogen-bond acceptors (Lipinski definition) is 1. The summed E-state index contributed by atoms with van der Waals surface area (Å²) in [6.45, 7) is 2.11. The second-order valence-corrected chi connectivity index (χ2v) is 5.47. The Labute approximate surface area is 119 Å². The van der Waals surface area contributed by atoms with E-state index in [2.05, 4.69) is 61.5 Å². The Morgan fingerprint density at radius 3 is 2.65 bits per heavy atom. The van der Waals surface area contributed by atoms with E-state index in [1.807, 2.05) is 6.07 Å². The summed E-state index contributed by atoms with van der Waals surface area (Å²) in [5.74, 6) is 2.51. The van der Waals surface area contributed by atoms with Gasteiger partial charge in [0.25, 0.3) is 0 Å². The predicted octanol–water partition coefficient (Wildman–Crippen LogP) is 4.84. The first-order valence-corrected chi connectivity index (χ1v) is 7.07. The van der Waals surface area contributed by atoms with Gasteiger partial charge in [0.05, 0.1) is 0 Å². The van der Waals surface area contributed by atoms with Crippen LogP contribution in [0.1, 0.15) is 29.0 Å². The molecule has 1 aliphatic carbocycles. The standard InChI is InChI=1S/C19H16O/c1-13-9-11-14(12-10-13)15-6-4-7-17-16-5-2-3-8-18(16)20-19(15)17/h2-6,8-12,17H,7H2,1H3. The average molecular weight is 260 g/mol. The minimum Gasteiger partial charge on any atom is -0.460 e. The largest absolute Gasteiger partial charge is 0.460 e. The molecule has 1 nitrogen and oxygen atoms in total. The molecule has 1 atom stereocenters. The van der Waals surface area contributed by atoms with Crippen LogP contribution < -0.4 is 4.74 Å². The number of fused-ring (bicyclic) bond motifs is 3. The summed E-state index contributed by atoms with van der Waals surface area (Å²) in [7, 11) is 0. The third-order valence-corrected chi connectivity index (χ3v) is 4.12. The van der Waals surface area contributed by atoms with Gasteiger partial charge in [-0.25, -0.2) is 0 Å². The molecule has 0 saturated heterocycles. The Morgan fingerprint density at radius 2 is 1.80 bits per heavy atom. The summed E-state index contributed by atoms with van der Waals surface area (Å²) in [6, 6.07) is 17.0. The number of para-hydroxylation sites is 1. The molecule has 2 aromatic rings. The first kappa shape index (κ1) is 11.5. The number of aryl methyl sites for hydroxylation is 1. The monoisotopic (exact) mass is 260 g/mol. The molecule has 1 heteroatoms. The van der Waals surface area contributed by atoms with Crippen LogP contribution >= 0.6 is 0 Å². The smallest absolute Gasteiger partial charge is 0.130 e. The summed E-state index contributed by atoms with van der Waals surface area (Å²) >= 11 is 0. The van der Waals surface area contributed by atoms with Gasteiger partial charge in [0.2, 0.25) is 0 Å². The molecule has 20 heavy (non-hydrogen) atoms. The molecule has 0 fully saturated rings. The molecule has 1 aliphatic heterocycles. The average Bonchev–Trinajstić information content (AvgIpc) is 2.87. The predicted molar refractivity (Wildman–Crippen MR) is 81.7 cm³/mol. The lowest BCUT2D eigenvalue weighted by Crippen LogP contribution is -2.05. The number of allylic oxidation sites excluding steroid dienone is 4. The van der Waals surface area contributed by atoms with Crippen LogP contribution in [-0.2, 0) is 0 Å². The highest BCUT2D eigenvalue weighted by Gasteiger charge is 2.32. The van der Waals surface area contributed by atoms with E-state index in [4.69, 9.17) is 4.74 Å². The van der Waals surface area contributed by atoms with Gasteiger partial charge in [-0.2, -0.15) is 0 Å². The normalized spacial score (nSPS) is 19.6. The van der Waals surface area contributed by atoms with Crippen molar-refractivity contribution in [1.29, 1.82) is 0 Å². The van der Waals surface area contributed by atoms with Crippen LogP contribution in [0.5, 0.6) is 5.75 Å². The van der Waals surface area contributed by atoms with Gasteiger partial charge >= 0.3 is 0 Å². The summed E-state index contributed by atoms with van der Waals surface area (Å²) in [6.07, 6.45) is 5.49. The lowest BCUT2D eigenvalue weighted by atomic mass is 9.87. The fourth-order valence-corrected chi connectivity index (χ4v) is 3.04. The molecular formula is C19H16O. The zero-order chi connectivity index (χ0) is 13.5. The Bertz CT molecular complexity index is 720. The van der Waals surface area contributed by atoms with Crippen molar-refractivity contribution in [1.82, 2.24) is 0 Å². The molecule has 0 bridgehead atoms. The molecule has 1 unspecified atom stereocenters. The van der Waals surface area contributed by atoms with E-state index in [1.165, 1.54) is 22.3 Å². The molecule has 0 radical (unpaired) electrons. The second-order valence-electron chi connectivity index (χ2n) is 5.47. The van der Waals surface area contributed by atoms with Gasteiger partial charge < -0.3 is 4.74 Å². The van der Waals surface area contributed by atoms with Crippen LogP contribution in [0.15, 0.2) is 66.4 Å². The van der Waals surface area contributed by atoms with Crippen LogP contribution in [0.4, 0.5) is 0 Å². The van der Waals surface area contributed by atoms with Gasteiger partial charge in [0, 0.05) is 17.1 Å². The lowest BCUT2D eigenvalue weighted by molar-refractivity contribution is 0.429. The van der Waals surface area contributed by atoms with Gasteiger partial charge in [-0.3, -0.25) is 0 Å². The van der Waals surface area contributed by atoms with E-state index in [1.54, 1.807) is 0 Å². The van der Waals surface area contributed by atoms with Gasteiger partial charge in [0.1, 0.15) is 11.5 Å². The molecule has 2 aromatic carbocycles. The molecule has 0 saturated carbocycles. The maximum absolute atomic E-state index is 6.14. The minimum atomic E-state index is 0.382. The zero-order valence-electron chi connectivity index (χ0n) is 11.5. The number of ether oxygens (including phenoxy) is 1. The molecule has 0 spiro atoms. The summed E-state index contributed by atoms with van der Waals surface area (Å²) in [5, 5.41) is 0. The second kappa shape index (κ2) is 4.38. The quantitative estimate of drug-likeness (QED) is 0.712. The van der Waals surface area contributed by atoms with Crippen molar-refractivity contribution < 1.29 is 4.74 Å². The highest BCUT2D eigenvalue weighted by molar-refractivity contribution is 5.79. The van der Waals surface area contributed by atoms with E-state index >= 15 is 0 Å². The first-order chi connectivity index (χ1) is 9.83. The van der Waals surface area contributed by atoms with Crippen molar-refractivity contribution in [3.8, 4) is 5.75 Å². The Kier molecular flexibility index (Phi) is 2.53. The fourth-order valence-electron chi connectivity index (χ4n) is 3.04. The van der Waals surface area contributed by atoms with E-state index in [-0.39, 0.29) is 0 Å². The van der Waals surface area contributed by atoms with Crippen LogP contribution in [0.25, 0.3) is 5.57 Å². The van der Waals surface area contributed by atoms with E-state index in [0.717, 1.165) is 17.9 Å². The fraction of sp³-hybridized carbons (Fsp3) is 0.158. The topological polar surface area (TPSA) is 9.23 Å². The minimum absolute atomic E-state index is 0.382. The third-order valence-electron chi connectivity index (χ3n) is 4.12. The summed E-state index contributed by atoms with van der Waals surface area (Å²) in [5.41, 5.74) is 5.06. The molecule has 0 amide bonds. The molecule has 4 rings (SSSR count). The van der Waals surface area contributed by atoms with Crippen LogP contribution in [0.3, 0.4) is 0 Å². The van der Waals surface area contributed by atoms with E-state index < -0.39 is 0 Å². The van der Waals surface area contributed by atoms with Crippen molar-refractivity contribution in [3.63, 3.8) is 0 Å². The Morgan fingerprint density at radius 1 is 1.00 bits per heavy atom. The number of rotatable bonds is 1. The molecule has 2 aliphatic rings. The van der Waals surface area contributed by atoms with E-state index in [0.29, 0.717) is 5.92 Å². The van der Waals surface area contributed by atoms with Crippen molar-refractivity contribution in [2.75, 3.05) is 0 Å². The van der Waals surface area contributed by atoms with E-state index in [9.17, 15) is 0 Å². The maximum atomic E-state index is 6.14. The van der Waals surface area contributed by atoms with Crippen molar-refractivity contribution in [3.05, 3.63) is 83.1 Å². The molecule has 0 aromatic heterocycles. The molecule has 98 valence electrons. The molecule has 1 heterocycles. The molecular weight excluding hydrogens is 244 g/mol. The van der Waals surface area contributed by atoms with Gasteiger partial charge in [0.15, 0.2) is 0 Å². The van der Waals surface area contributed by atoms with Crippen molar-refractivity contribution in [2.45, 2.75) is 19.3 Å². The third kappa shape index (κ3) is 1.70. The number of benzene rings is 2. The van der Waals surface area contributed by atoms with Crippen molar-refractivity contribution in [2.24, 2.45) is 0 Å². The lowest BCUT2D eigenvalue weighted by Gasteiger charge is -2.17. The Hall–Kier alpha value is -2.28. The van der Waals surface area contributed by atoms with Gasteiger partial charge in [-0.15, -0.1) is 0 Å². The Balaban J connectivity index is 1.84. The summed E-state index contributed by atoms with van der Waals surface area (Å²) < 4.78 is 6.14. The van der Waals surface area contributed by atoms with Crippen molar-refractivity contribution >= 4 is 5.57 Å². The van der Waals surface area contributed by atoms with Gasteiger partial charge in [-0.1, -0.05) is 60.2 Å². The van der Waals surface area contributed by atoms with Crippen LogP contribution in [0.2, 0.25) is 0 Å². The van der Waals surface area contributed by atoms with Crippen LogP contribution in [-0.4, -0.2) is 0 Å². The van der Waals surface area contributed by atoms with Gasteiger partial charge in [-0.05, 0) is 25.0 Å². The SMILES string of the molecule is Cc1ccc(C2=C3Oc4ccccc4C3CC=C2)cc1. The zero-order valence-corrected chi connectivity index (χ0v) is 11.5. The highest BCUT2D eigenvalue weighted by atomic mass is 16.5. The first-order valence-electron chi connectivity index (χ1n) is 7.07. The summed E-state index contributed by atoms with van der Waals surface area (Å²) in [4.78, 5) is 0. The van der Waals surface area contributed by atoms with Crippen LogP contribution in [0, 0.1) is 6.92 Å². The highest BCUT2D eigenvalue weighted by Crippen LogP contribution is 2.47. The number of hydrogen-bond donors (Lipinski definition) is 0. The molecule has 0 N–H and O–H groups in total. The maximum Gasteiger partial charge on any atom is 0.130 e.